The number of nitrogens with one attached hydrogen (secondary N) is 1. The fraction of sp³-hybridized carbons (Fsp3) is 0.500. The quantitative estimate of drug-likeness (QED) is 0.645. The molecule has 0 aliphatic heterocycles. The van der Waals surface area contributed by atoms with Crippen LogP contribution in [0.4, 0.5) is 11.4 Å². The number of aliphatic hydroxyl groups excluding tert-OH is 1. The molecule has 0 aliphatic carbocycles. The predicted molar refractivity (Wildman–Crippen MR) is 66.8 cm³/mol. The molecular formula is C12H20N2O2. The van der Waals surface area contributed by atoms with Crippen LogP contribution >= 0.6 is 0 Å². The second-order valence-electron chi connectivity index (χ2n) is 3.73. The molecule has 0 spiro atoms. The predicted octanol–water partition coefficient (Wildman–Crippen LogP) is 1.85. The molecule has 1 aromatic carbocycles. The van der Waals surface area contributed by atoms with Crippen LogP contribution in [-0.2, 0) is 0 Å². The molecule has 1 atom stereocenters. The number of ether oxygens (including phenoxy) is 1. The molecule has 0 aliphatic rings. The summed E-state index contributed by atoms with van der Waals surface area (Å²) in [5, 5.41) is 12.6. The van der Waals surface area contributed by atoms with Crippen LogP contribution < -0.4 is 15.8 Å². The van der Waals surface area contributed by atoms with Gasteiger partial charge in [0.1, 0.15) is 5.75 Å². The van der Waals surface area contributed by atoms with E-state index in [1.54, 1.807) is 13.2 Å². The highest BCUT2D eigenvalue weighted by Gasteiger charge is 2.03. The SMILES string of the molecule is CCC(O)CCNc1cc(OC)ccc1N. The van der Waals surface area contributed by atoms with Gasteiger partial charge in [0, 0.05) is 12.6 Å². The van der Waals surface area contributed by atoms with Crippen molar-refractivity contribution in [3.05, 3.63) is 18.2 Å². The lowest BCUT2D eigenvalue weighted by Gasteiger charge is -2.12. The van der Waals surface area contributed by atoms with Crippen LogP contribution in [0.1, 0.15) is 19.8 Å². The van der Waals surface area contributed by atoms with Crippen molar-refractivity contribution < 1.29 is 9.84 Å². The summed E-state index contributed by atoms with van der Waals surface area (Å²) in [5.74, 6) is 0.771. The van der Waals surface area contributed by atoms with Crippen molar-refractivity contribution >= 4 is 11.4 Å². The van der Waals surface area contributed by atoms with E-state index in [9.17, 15) is 5.11 Å². The average Bonchev–Trinajstić information content (AvgIpc) is 2.31. The number of hydrogen-bond donors (Lipinski definition) is 3. The third-order valence-electron chi connectivity index (χ3n) is 2.52. The summed E-state index contributed by atoms with van der Waals surface area (Å²) in [6.45, 7) is 2.66. The number of nitrogen functional groups attached to an aromatic ring is 1. The van der Waals surface area contributed by atoms with Gasteiger partial charge in [0.25, 0.3) is 0 Å². The van der Waals surface area contributed by atoms with Crippen LogP contribution in [0.3, 0.4) is 0 Å². The molecule has 0 amide bonds. The van der Waals surface area contributed by atoms with Crippen molar-refractivity contribution in [3.8, 4) is 5.75 Å². The molecule has 4 nitrogen and oxygen atoms in total. The maximum absolute atomic E-state index is 9.41. The summed E-state index contributed by atoms with van der Waals surface area (Å²) in [5.41, 5.74) is 7.35. The molecule has 0 saturated carbocycles. The Labute approximate surface area is 96.4 Å². The van der Waals surface area contributed by atoms with Crippen LogP contribution in [0.5, 0.6) is 5.75 Å². The third-order valence-corrected chi connectivity index (χ3v) is 2.52. The van der Waals surface area contributed by atoms with Gasteiger partial charge in [-0.2, -0.15) is 0 Å². The number of nitrogens with two attached hydrogens (primary N) is 1. The first-order valence-electron chi connectivity index (χ1n) is 5.52. The second kappa shape index (κ2) is 6.23. The van der Waals surface area contributed by atoms with Gasteiger partial charge < -0.3 is 20.9 Å². The van der Waals surface area contributed by atoms with Gasteiger partial charge in [-0.05, 0) is 25.0 Å². The maximum atomic E-state index is 9.41. The van der Waals surface area contributed by atoms with Gasteiger partial charge in [0.2, 0.25) is 0 Å². The topological polar surface area (TPSA) is 67.5 Å². The highest BCUT2D eigenvalue weighted by molar-refractivity contribution is 5.68. The Morgan fingerprint density at radius 1 is 1.50 bits per heavy atom. The van der Waals surface area contributed by atoms with Crippen molar-refractivity contribution in [1.29, 1.82) is 0 Å². The second-order valence-corrected chi connectivity index (χ2v) is 3.73. The summed E-state index contributed by atoms with van der Waals surface area (Å²) in [4.78, 5) is 0. The Kier molecular flexibility index (Phi) is 4.92. The van der Waals surface area contributed by atoms with E-state index in [1.165, 1.54) is 0 Å². The minimum Gasteiger partial charge on any atom is -0.497 e. The monoisotopic (exact) mass is 224 g/mol. The van der Waals surface area contributed by atoms with E-state index in [0.29, 0.717) is 18.7 Å². The number of hydrogen-bond acceptors (Lipinski definition) is 4. The van der Waals surface area contributed by atoms with Gasteiger partial charge >= 0.3 is 0 Å². The fourth-order valence-electron chi connectivity index (χ4n) is 1.39. The first-order valence-corrected chi connectivity index (χ1v) is 5.52. The van der Waals surface area contributed by atoms with Gasteiger partial charge in [-0.3, -0.25) is 0 Å². The highest BCUT2D eigenvalue weighted by atomic mass is 16.5. The Morgan fingerprint density at radius 3 is 2.88 bits per heavy atom. The smallest absolute Gasteiger partial charge is 0.121 e. The highest BCUT2D eigenvalue weighted by Crippen LogP contribution is 2.24. The summed E-state index contributed by atoms with van der Waals surface area (Å²) in [6, 6.07) is 5.48. The van der Waals surface area contributed by atoms with Crippen LogP contribution in [0, 0.1) is 0 Å². The largest absolute Gasteiger partial charge is 0.497 e. The zero-order valence-corrected chi connectivity index (χ0v) is 9.86. The summed E-state index contributed by atoms with van der Waals surface area (Å²) in [7, 11) is 1.62. The van der Waals surface area contributed by atoms with Crippen molar-refractivity contribution in [3.63, 3.8) is 0 Å². The number of methoxy groups -OCH3 is 1. The van der Waals surface area contributed by atoms with Crippen molar-refractivity contribution in [1.82, 2.24) is 0 Å². The molecule has 0 saturated heterocycles. The standard InChI is InChI=1S/C12H20N2O2/c1-3-9(15)6-7-14-12-8-10(16-2)4-5-11(12)13/h4-5,8-9,14-15H,3,6-7,13H2,1-2H3. The van der Waals surface area contributed by atoms with Gasteiger partial charge in [-0.1, -0.05) is 6.92 Å². The van der Waals surface area contributed by atoms with E-state index in [-0.39, 0.29) is 6.10 Å². The lowest BCUT2D eigenvalue weighted by molar-refractivity contribution is 0.164. The zero-order valence-electron chi connectivity index (χ0n) is 9.86. The van der Waals surface area contributed by atoms with E-state index in [2.05, 4.69) is 5.32 Å². The Hall–Kier alpha value is -1.42. The molecule has 90 valence electrons. The van der Waals surface area contributed by atoms with Gasteiger partial charge in [0.05, 0.1) is 24.6 Å². The summed E-state index contributed by atoms with van der Waals surface area (Å²) < 4.78 is 5.11. The Balaban J connectivity index is 2.52. The van der Waals surface area contributed by atoms with Crippen LogP contribution in [0.2, 0.25) is 0 Å². The fourth-order valence-corrected chi connectivity index (χ4v) is 1.39. The number of anilines is 2. The Bertz CT molecular complexity index is 329. The third kappa shape index (κ3) is 3.62. The van der Waals surface area contributed by atoms with Gasteiger partial charge in [-0.25, -0.2) is 0 Å². The first kappa shape index (κ1) is 12.6. The van der Waals surface area contributed by atoms with E-state index < -0.39 is 0 Å². The number of benzene rings is 1. The average molecular weight is 224 g/mol. The Morgan fingerprint density at radius 2 is 2.25 bits per heavy atom. The van der Waals surface area contributed by atoms with Crippen LogP contribution in [-0.4, -0.2) is 24.9 Å². The van der Waals surface area contributed by atoms with Crippen LogP contribution in [0.15, 0.2) is 18.2 Å². The molecule has 0 aromatic heterocycles. The number of rotatable bonds is 6. The van der Waals surface area contributed by atoms with E-state index in [4.69, 9.17) is 10.5 Å². The minimum absolute atomic E-state index is 0.251. The summed E-state index contributed by atoms with van der Waals surface area (Å²) >= 11 is 0. The molecule has 1 aromatic rings. The summed E-state index contributed by atoms with van der Waals surface area (Å²) in [6.07, 6.45) is 1.24. The molecule has 0 fully saturated rings. The van der Waals surface area contributed by atoms with Crippen molar-refractivity contribution in [2.24, 2.45) is 0 Å². The van der Waals surface area contributed by atoms with Gasteiger partial charge in [-0.15, -0.1) is 0 Å². The number of aliphatic hydroxyl groups is 1. The minimum atomic E-state index is -0.251. The zero-order chi connectivity index (χ0) is 12.0. The lowest BCUT2D eigenvalue weighted by Crippen LogP contribution is -2.13. The maximum Gasteiger partial charge on any atom is 0.121 e. The van der Waals surface area contributed by atoms with E-state index in [1.807, 2.05) is 19.1 Å². The normalized spacial score (nSPS) is 12.2. The lowest BCUT2D eigenvalue weighted by atomic mass is 10.2. The molecule has 4 heteroatoms. The first-order chi connectivity index (χ1) is 7.67. The molecule has 16 heavy (non-hydrogen) atoms. The van der Waals surface area contributed by atoms with Crippen molar-refractivity contribution in [2.75, 3.05) is 24.7 Å². The molecule has 0 bridgehead atoms. The van der Waals surface area contributed by atoms with E-state index in [0.717, 1.165) is 17.9 Å². The molecule has 1 unspecified atom stereocenters. The van der Waals surface area contributed by atoms with E-state index >= 15 is 0 Å². The molecule has 4 N–H and O–H groups in total. The molecular weight excluding hydrogens is 204 g/mol. The molecule has 0 radical (unpaired) electrons. The van der Waals surface area contributed by atoms with Gasteiger partial charge in [0.15, 0.2) is 0 Å². The molecule has 1 rings (SSSR count). The molecule has 0 heterocycles. The van der Waals surface area contributed by atoms with Crippen LogP contribution in [0.25, 0.3) is 0 Å². The van der Waals surface area contributed by atoms with Crippen molar-refractivity contribution in [2.45, 2.75) is 25.9 Å².